The molecule has 2 heterocycles. The van der Waals surface area contributed by atoms with Crippen LogP contribution in [0.5, 0.6) is 0 Å². The van der Waals surface area contributed by atoms with Gasteiger partial charge in [-0.3, -0.25) is 4.79 Å². The quantitative estimate of drug-likeness (QED) is 0.927. The fourth-order valence-corrected chi connectivity index (χ4v) is 3.00. The second-order valence-electron chi connectivity index (χ2n) is 6.18. The van der Waals surface area contributed by atoms with E-state index in [2.05, 4.69) is 47.3 Å². The molecule has 1 aromatic carbocycles. The van der Waals surface area contributed by atoms with E-state index in [9.17, 15) is 4.79 Å². The number of carbonyl (C=O) groups is 1. The lowest BCUT2D eigenvalue weighted by molar-refractivity contribution is 0.0299. The van der Waals surface area contributed by atoms with E-state index in [1.807, 2.05) is 0 Å². The highest BCUT2D eigenvalue weighted by Gasteiger charge is 2.21. The summed E-state index contributed by atoms with van der Waals surface area (Å²) < 4.78 is 5.31. The van der Waals surface area contributed by atoms with Crippen molar-refractivity contribution in [1.29, 1.82) is 0 Å². The van der Waals surface area contributed by atoms with E-state index in [1.54, 1.807) is 17.9 Å². The van der Waals surface area contributed by atoms with Crippen LogP contribution in [0.1, 0.15) is 34.4 Å². The zero-order valence-corrected chi connectivity index (χ0v) is 15.0. The number of nitrogens with one attached hydrogen (secondary N) is 1. The van der Waals surface area contributed by atoms with Crippen molar-refractivity contribution in [3.8, 4) is 0 Å². The number of carbonyl (C=O) groups excluding carboxylic acids is 1. The predicted octanol–water partition coefficient (Wildman–Crippen LogP) is 2.87. The molecule has 2 aromatic rings. The third-order valence-electron chi connectivity index (χ3n) is 4.35. The van der Waals surface area contributed by atoms with E-state index >= 15 is 0 Å². The van der Waals surface area contributed by atoms with Gasteiger partial charge in [0, 0.05) is 24.8 Å². The lowest BCUT2D eigenvalue weighted by atomic mass is 10.1. The molecule has 1 aromatic heterocycles. The molecule has 0 saturated carbocycles. The molecule has 1 saturated heterocycles. The number of hydrogen-bond acceptors (Lipinski definition) is 5. The first-order valence-electron chi connectivity index (χ1n) is 8.66. The van der Waals surface area contributed by atoms with Crippen molar-refractivity contribution in [2.75, 3.05) is 31.6 Å². The van der Waals surface area contributed by atoms with E-state index in [4.69, 9.17) is 4.74 Å². The van der Waals surface area contributed by atoms with Crippen LogP contribution in [0.3, 0.4) is 0 Å². The summed E-state index contributed by atoms with van der Waals surface area (Å²) in [5, 5.41) is 3.38. The molecule has 0 radical (unpaired) electrons. The van der Waals surface area contributed by atoms with Crippen LogP contribution in [-0.4, -0.2) is 47.1 Å². The van der Waals surface area contributed by atoms with Crippen LogP contribution in [0.4, 0.5) is 11.5 Å². The number of hydrogen-bond donors (Lipinski definition) is 1. The smallest absolute Gasteiger partial charge is 0.272 e. The summed E-state index contributed by atoms with van der Waals surface area (Å²) in [6.45, 7) is 8.34. The molecule has 1 aliphatic rings. The van der Waals surface area contributed by atoms with Crippen molar-refractivity contribution in [2.24, 2.45) is 0 Å². The van der Waals surface area contributed by atoms with E-state index < -0.39 is 0 Å². The molecule has 1 N–H and O–H groups in total. The van der Waals surface area contributed by atoms with E-state index in [0.29, 0.717) is 43.6 Å². The third kappa shape index (κ3) is 3.96. The van der Waals surface area contributed by atoms with E-state index in [-0.39, 0.29) is 5.91 Å². The van der Waals surface area contributed by atoms with Crippen LogP contribution in [0, 0.1) is 13.8 Å². The molecular formula is C19H24N4O2. The average molecular weight is 340 g/mol. The summed E-state index contributed by atoms with van der Waals surface area (Å²) in [5.74, 6) is 1.15. The Morgan fingerprint density at radius 2 is 2.00 bits per heavy atom. The average Bonchev–Trinajstić information content (AvgIpc) is 2.63. The van der Waals surface area contributed by atoms with Gasteiger partial charge in [-0.25, -0.2) is 9.97 Å². The molecular weight excluding hydrogens is 316 g/mol. The second-order valence-corrected chi connectivity index (χ2v) is 6.18. The number of aromatic nitrogens is 2. The molecule has 0 unspecified atom stereocenters. The molecule has 6 nitrogen and oxygen atoms in total. The maximum atomic E-state index is 12.7. The van der Waals surface area contributed by atoms with Crippen molar-refractivity contribution in [3.63, 3.8) is 0 Å². The maximum absolute atomic E-state index is 12.7. The number of amides is 1. The number of anilines is 2. The minimum atomic E-state index is -0.0719. The number of aryl methyl sites for hydroxylation is 3. The molecule has 1 aliphatic heterocycles. The largest absolute Gasteiger partial charge is 0.378 e. The maximum Gasteiger partial charge on any atom is 0.272 e. The molecule has 0 aliphatic carbocycles. The lowest BCUT2D eigenvalue weighted by Gasteiger charge is -2.26. The third-order valence-corrected chi connectivity index (χ3v) is 4.35. The first-order chi connectivity index (χ1) is 12.1. The van der Waals surface area contributed by atoms with Crippen LogP contribution in [0.15, 0.2) is 24.3 Å². The van der Waals surface area contributed by atoms with Gasteiger partial charge in [-0.05, 0) is 31.4 Å². The fraction of sp³-hybridized carbons (Fsp3) is 0.421. The molecule has 3 rings (SSSR count). The van der Waals surface area contributed by atoms with Crippen LogP contribution >= 0.6 is 0 Å². The van der Waals surface area contributed by atoms with Crippen LogP contribution < -0.4 is 5.32 Å². The first-order valence-corrected chi connectivity index (χ1v) is 8.66. The highest BCUT2D eigenvalue weighted by molar-refractivity contribution is 5.93. The number of benzene rings is 1. The van der Waals surface area contributed by atoms with Gasteiger partial charge < -0.3 is 15.0 Å². The standard InChI is InChI=1S/C19H24N4O2/c1-4-15-7-5-6-13(2)18(15)22-17-12-16(20-14(3)21-17)19(24)23-8-10-25-11-9-23/h5-7,12H,4,8-11H2,1-3H3,(H,20,21,22). The van der Waals surface area contributed by atoms with Gasteiger partial charge in [0.2, 0.25) is 0 Å². The van der Waals surface area contributed by atoms with E-state index in [0.717, 1.165) is 17.7 Å². The Bertz CT molecular complexity index is 770. The van der Waals surface area contributed by atoms with Crippen LogP contribution in [-0.2, 0) is 11.2 Å². The predicted molar refractivity (Wildman–Crippen MR) is 97.3 cm³/mol. The van der Waals surface area contributed by atoms with Crippen molar-refractivity contribution in [3.05, 3.63) is 46.9 Å². The first kappa shape index (κ1) is 17.4. The van der Waals surface area contributed by atoms with Gasteiger partial charge in [0.25, 0.3) is 5.91 Å². The monoisotopic (exact) mass is 340 g/mol. The van der Waals surface area contributed by atoms with Gasteiger partial charge in [-0.1, -0.05) is 25.1 Å². The Hall–Kier alpha value is -2.47. The van der Waals surface area contributed by atoms with Gasteiger partial charge >= 0.3 is 0 Å². The van der Waals surface area contributed by atoms with Crippen molar-refractivity contribution in [2.45, 2.75) is 27.2 Å². The number of nitrogens with zero attached hydrogens (tertiary/aromatic N) is 3. The van der Waals surface area contributed by atoms with Crippen molar-refractivity contribution < 1.29 is 9.53 Å². The Kier molecular flexibility index (Phi) is 5.28. The molecule has 25 heavy (non-hydrogen) atoms. The van der Waals surface area contributed by atoms with Gasteiger partial charge in [0.15, 0.2) is 0 Å². The summed E-state index contributed by atoms with van der Waals surface area (Å²) in [6.07, 6.45) is 0.924. The molecule has 0 bridgehead atoms. The Balaban J connectivity index is 1.88. The summed E-state index contributed by atoms with van der Waals surface area (Å²) in [7, 11) is 0. The van der Waals surface area contributed by atoms with Gasteiger partial charge in [-0.2, -0.15) is 0 Å². The normalized spacial score (nSPS) is 14.4. The lowest BCUT2D eigenvalue weighted by Crippen LogP contribution is -2.41. The highest BCUT2D eigenvalue weighted by atomic mass is 16.5. The highest BCUT2D eigenvalue weighted by Crippen LogP contribution is 2.25. The summed E-state index contributed by atoms with van der Waals surface area (Å²) in [6, 6.07) is 7.95. The van der Waals surface area contributed by atoms with Gasteiger partial charge in [-0.15, -0.1) is 0 Å². The SMILES string of the molecule is CCc1cccc(C)c1Nc1cc(C(=O)N2CCOCC2)nc(C)n1. The summed E-state index contributed by atoms with van der Waals surface area (Å²) in [4.78, 5) is 23.3. The van der Waals surface area contributed by atoms with Crippen LogP contribution in [0.2, 0.25) is 0 Å². The Morgan fingerprint density at radius 3 is 2.72 bits per heavy atom. The molecule has 0 atom stereocenters. The molecule has 0 spiro atoms. The fourth-order valence-electron chi connectivity index (χ4n) is 3.00. The Labute approximate surface area is 148 Å². The number of morpholine rings is 1. The summed E-state index contributed by atoms with van der Waals surface area (Å²) >= 11 is 0. The topological polar surface area (TPSA) is 67.4 Å². The zero-order chi connectivity index (χ0) is 17.8. The number of ether oxygens (including phenoxy) is 1. The minimum absolute atomic E-state index is 0.0719. The van der Waals surface area contributed by atoms with E-state index in [1.165, 1.54) is 5.56 Å². The molecule has 132 valence electrons. The molecule has 1 fully saturated rings. The van der Waals surface area contributed by atoms with Gasteiger partial charge in [0.05, 0.1) is 13.2 Å². The summed E-state index contributed by atoms with van der Waals surface area (Å²) in [5.41, 5.74) is 3.84. The Morgan fingerprint density at radius 1 is 1.24 bits per heavy atom. The minimum Gasteiger partial charge on any atom is -0.378 e. The number of para-hydroxylation sites is 1. The number of rotatable bonds is 4. The molecule has 1 amide bonds. The van der Waals surface area contributed by atoms with Crippen molar-refractivity contribution in [1.82, 2.24) is 14.9 Å². The zero-order valence-electron chi connectivity index (χ0n) is 15.0. The van der Waals surface area contributed by atoms with Crippen molar-refractivity contribution >= 4 is 17.4 Å². The second kappa shape index (κ2) is 7.61. The van der Waals surface area contributed by atoms with Gasteiger partial charge in [0.1, 0.15) is 17.3 Å². The van der Waals surface area contributed by atoms with Crippen LogP contribution in [0.25, 0.3) is 0 Å². The molecule has 6 heteroatoms.